The number of hydrogen-bond acceptors (Lipinski definition) is 4. The van der Waals surface area contributed by atoms with Gasteiger partial charge in [0.1, 0.15) is 5.69 Å². The highest BCUT2D eigenvalue weighted by molar-refractivity contribution is 6.06. The molecule has 0 bridgehead atoms. The van der Waals surface area contributed by atoms with E-state index in [0.717, 1.165) is 5.56 Å². The second kappa shape index (κ2) is 7.67. The van der Waals surface area contributed by atoms with Crippen molar-refractivity contribution >= 4 is 11.6 Å². The molecule has 0 aliphatic rings. The summed E-state index contributed by atoms with van der Waals surface area (Å²) in [5, 5.41) is 10.7. The van der Waals surface area contributed by atoms with Crippen LogP contribution in [0.15, 0.2) is 71.5 Å². The molecule has 1 amide bonds. The van der Waals surface area contributed by atoms with Crippen LogP contribution in [-0.4, -0.2) is 20.8 Å². The monoisotopic (exact) mass is 394 g/mol. The topological polar surface area (TPSA) is 73.0 Å². The Morgan fingerprint density at radius 1 is 1.14 bits per heavy atom. The number of halogens is 2. The maximum atomic E-state index is 13.4. The van der Waals surface area contributed by atoms with Gasteiger partial charge >= 0.3 is 0 Å². The fourth-order valence-electron chi connectivity index (χ4n) is 2.99. The number of nitrogens with one attached hydrogen (secondary N) is 1. The number of aryl methyl sites for hydroxylation is 1. The van der Waals surface area contributed by atoms with Crippen molar-refractivity contribution in [1.82, 2.24) is 14.9 Å². The number of carbonyl (C=O) groups excluding carboxylic acids is 1. The van der Waals surface area contributed by atoms with Gasteiger partial charge in [-0.25, -0.2) is 8.78 Å². The van der Waals surface area contributed by atoms with Gasteiger partial charge in [-0.05, 0) is 18.2 Å². The van der Waals surface area contributed by atoms with E-state index in [2.05, 4.69) is 15.6 Å². The molecular weight excluding hydrogens is 378 g/mol. The predicted molar refractivity (Wildman–Crippen MR) is 103 cm³/mol. The van der Waals surface area contributed by atoms with Crippen molar-refractivity contribution in [2.75, 3.05) is 5.32 Å². The molecule has 1 N–H and O–H groups in total. The van der Waals surface area contributed by atoms with Gasteiger partial charge in [0.25, 0.3) is 12.3 Å². The number of amides is 1. The SMILES string of the molecule is Cn1ccc(-c2cc(C(=O)Nc3cnoc3-c3ccccc3)ccc2C(F)F)n1. The van der Waals surface area contributed by atoms with Crippen LogP contribution in [0.3, 0.4) is 0 Å². The van der Waals surface area contributed by atoms with E-state index in [4.69, 9.17) is 4.52 Å². The second-order valence-corrected chi connectivity index (χ2v) is 6.37. The average molecular weight is 394 g/mol. The van der Waals surface area contributed by atoms with Crippen molar-refractivity contribution < 1.29 is 18.1 Å². The van der Waals surface area contributed by atoms with Crippen molar-refractivity contribution in [3.8, 4) is 22.6 Å². The van der Waals surface area contributed by atoms with Crippen molar-refractivity contribution in [2.24, 2.45) is 7.05 Å². The summed E-state index contributed by atoms with van der Waals surface area (Å²) in [5.41, 5.74) is 1.75. The number of rotatable bonds is 5. The van der Waals surface area contributed by atoms with E-state index in [9.17, 15) is 13.6 Å². The lowest BCUT2D eigenvalue weighted by Crippen LogP contribution is -2.12. The summed E-state index contributed by atoms with van der Waals surface area (Å²) in [4.78, 5) is 12.8. The van der Waals surface area contributed by atoms with E-state index < -0.39 is 12.3 Å². The zero-order valence-corrected chi connectivity index (χ0v) is 15.3. The predicted octanol–water partition coefficient (Wildman–Crippen LogP) is 4.93. The largest absolute Gasteiger partial charge is 0.354 e. The number of carbonyl (C=O) groups is 1. The van der Waals surface area contributed by atoms with Crippen LogP contribution >= 0.6 is 0 Å². The Kier molecular flexibility index (Phi) is 4.90. The van der Waals surface area contributed by atoms with Crippen LogP contribution in [0.4, 0.5) is 14.5 Å². The maximum Gasteiger partial charge on any atom is 0.264 e. The molecule has 29 heavy (non-hydrogen) atoms. The maximum absolute atomic E-state index is 13.4. The summed E-state index contributed by atoms with van der Waals surface area (Å²) in [6.07, 6.45) is 0.362. The lowest BCUT2D eigenvalue weighted by Gasteiger charge is -2.10. The summed E-state index contributed by atoms with van der Waals surface area (Å²) in [6.45, 7) is 0. The van der Waals surface area contributed by atoms with Crippen LogP contribution in [0.25, 0.3) is 22.6 Å². The van der Waals surface area contributed by atoms with Gasteiger partial charge in [-0.1, -0.05) is 41.6 Å². The Labute approximate surface area is 164 Å². The minimum atomic E-state index is -2.69. The van der Waals surface area contributed by atoms with E-state index in [1.54, 1.807) is 19.3 Å². The number of anilines is 1. The van der Waals surface area contributed by atoms with Crippen molar-refractivity contribution in [3.05, 3.63) is 78.1 Å². The van der Waals surface area contributed by atoms with Crippen LogP contribution < -0.4 is 5.32 Å². The van der Waals surface area contributed by atoms with Gasteiger partial charge in [0.05, 0.1) is 11.9 Å². The van der Waals surface area contributed by atoms with Crippen molar-refractivity contribution in [2.45, 2.75) is 6.43 Å². The molecule has 4 aromatic rings. The number of hydrogen-bond donors (Lipinski definition) is 1. The summed E-state index contributed by atoms with van der Waals surface area (Å²) in [5.74, 6) is -0.0588. The van der Waals surface area contributed by atoms with Crippen LogP contribution in [0.5, 0.6) is 0 Å². The molecule has 2 aromatic carbocycles. The summed E-state index contributed by atoms with van der Waals surface area (Å²) in [7, 11) is 1.69. The third-order valence-corrected chi connectivity index (χ3v) is 4.39. The van der Waals surface area contributed by atoms with Gasteiger partial charge in [-0.3, -0.25) is 9.48 Å². The van der Waals surface area contributed by atoms with E-state index in [1.165, 1.54) is 29.1 Å². The zero-order chi connectivity index (χ0) is 20.4. The van der Waals surface area contributed by atoms with Crippen LogP contribution in [-0.2, 0) is 7.05 Å². The Balaban J connectivity index is 1.66. The van der Waals surface area contributed by atoms with E-state index in [-0.39, 0.29) is 16.7 Å². The van der Waals surface area contributed by atoms with E-state index in [0.29, 0.717) is 17.1 Å². The fraction of sp³-hybridized carbons (Fsp3) is 0.0952. The lowest BCUT2D eigenvalue weighted by atomic mass is 10.0. The molecule has 0 spiro atoms. The smallest absolute Gasteiger partial charge is 0.264 e. The molecule has 0 saturated heterocycles. The summed E-state index contributed by atoms with van der Waals surface area (Å²) < 4.78 is 33.7. The Hall–Kier alpha value is -3.81. The quantitative estimate of drug-likeness (QED) is 0.521. The Morgan fingerprint density at radius 3 is 2.62 bits per heavy atom. The first-order valence-electron chi connectivity index (χ1n) is 8.76. The second-order valence-electron chi connectivity index (χ2n) is 6.37. The third kappa shape index (κ3) is 3.77. The van der Waals surface area contributed by atoms with Gasteiger partial charge in [-0.15, -0.1) is 0 Å². The van der Waals surface area contributed by atoms with Crippen LogP contribution in [0, 0.1) is 0 Å². The van der Waals surface area contributed by atoms with Crippen LogP contribution in [0.2, 0.25) is 0 Å². The minimum Gasteiger partial charge on any atom is -0.354 e. The van der Waals surface area contributed by atoms with Gasteiger partial charge in [-0.2, -0.15) is 5.10 Å². The first-order chi connectivity index (χ1) is 14.0. The molecule has 0 unspecified atom stereocenters. The fourth-order valence-corrected chi connectivity index (χ4v) is 2.99. The Bertz CT molecular complexity index is 1150. The minimum absolute atomic E-state index is 0.185. The van der Waals surface area contributed by atoms with Crippen LogP contribution in [0.1, 0.15) is 22.3 Å². The number of aromatic nitrogens is 3. The van der Waals surface area contributed by atoms with Gasteiger partial charge in [0.15, 0.2) is 5.76 Å². The molecule has 8 heteroatoms. The molecule has 0 fully saturated rings. The molecule has 0 aliphatic carbocycles. The van der Waals surface area contributed by atoms with Gasteiger partial charge in [0, 0.05) is 35.5 Å². The Morgan fingerprint density at radius 2 is 1.93 bits per heavy atom. The normalized spacial score (nSPS) is 11.0. The molecule has 6 nitrogen and oxygen atoms in total. The van der Waals surface area contributed by atoms with Gasteiger partial charge in [0.2, 0.25) is 0 Å². The molecule has 0 aliphatic heterocycles. The highest BCUT2D eigenvalue weighted by Gasteiger charge is 2.20. The molecule has 2 heterocycles. The molecule has 146 valence electrons. The molecular formula is C21H16F2N4O2. The first-order valence-corrected chi connectivity index (χ1v) is 8.76. The molecule has 4 rings (SSSR count). The molecule has 2 aromatic heterocycles. The van der Waals surface area contributed by atoms with E-state index >= 15 is 0 Å². The molecule has 0 saturated carbocycles. The number of nitrogens with zero attached hydrogens (tertiary/aromatic N) is 3. The first kappa shape index (κ1) is 18.5. The highest BCUT2D eigenvalue weighted by atomic mass is 19.3. The number of benzene rings is 2. The molecule has 0 atom stereocenters. The summed E-state index contributed by atoms with van der Waals surface area (Å²) in [6, 6.07) is 14.8. The van der Waals surface area contributed by atoms with E-state index in [1.807, 2.05) is 30.3 Å². The standard InChI is InChI=1S/C21H16F2N4O2/c1-27-10-9-17(26-27)16-11-14(7-8-15(16)20(22)23)21(28)25-18-12-24-29-19(18)13-5-3-2-4-6-13/h2-12,20H,1H3,(H,25,28). The number of alkyl halides is 2. The zero-order valence-electron chi connectivity index (χ0n) is 15.3. The summed E-state index contributed by atoms with van der Waals surface area (Å²) >= 11 is 0. The van der Waals surface area contributed by atoms with Crippen molar-refractivity contribution in [3.63, 3.8) is 0 Å². The average Bonchev–Trinajstić information content (AvgIpc) is 3.37. The lowest BCUT2D eigenvalue weighted by molar-refractivity contribution is 0.102. The third-order valence-electron chi connectivity index (χ3n) is 4.39. The van der Waals surface area contributed by atoms with Gasteiger partial charge < -0.3 is 9.84 Å². The highest BCUT2D eigenvalue weighted by Crippen LogP contribution is 2.32. The molecule has 0 radical (unpaired) electrons. The van der Waals surface area contributed by atoms with Crippen molar-refractivity contribution in [1.29, 1.82) is 0 Å².